The maximum Gasteiger partial charge on any atom is 0.255 e. The van der Waals surface area contributed by atoms with Crippen molar-refractivity contribution in [1.82, 2.24) is 5.32 Å². The van der Waals surface area contributed by atoms with Crippen LogP contribution in [-0.4, -0.2) is 28.3 Å². The lowest BCUT2D eigenvalue weighted by Crippen LogP contribution is -2.45. The van der Waals surface area contributed by atoms with Crippen molar-refractivity contribution in [3.63, 3.8) is 0 Å². The molecule has 0 aromatic heterocycles. The summed E-state index contributed by atoms with van der Waals surface area (Å²) in [6.45, 7) is 1.87. The molecule has 1 amide bonds. The maximum atomic E-state index is 12.0. The predicted molar refractivity (Wildman–Crippen MR) is 68.6 cm³/mol. The molecule has 4 nitrogen and oxygen atoms in total. The number of hydrogen-bond acceptors (Lipinski definition) is 3. The summed E-state index contributed by atoms with van der Waals surface area (Å²) < 4.78 is 0. The Morgan fingerprint density at radius 3 is 2.78 bits per heavy atom. The van der Waals surface area contributed by atoms with Gasteiger partial charge in [0.15, 0.2) is 0 Å². The Morgan fingerprint density at radius 2 is 2.06 bits per heavy atom. The molecule has 0 radical (unpaired) electrons. The molecule has 1 saturated carbocycles. The standard InChI is InChI=1S/C14H19NO3/c1-9-6-7-12(16)10(8-9)14(18)15-11-4-2-3-5-13(11)17/h6-8,11,13,16-17H,2-5H2,1H3,(H,15,18). The first-order valence-electron chi connectivity index (χ1n) is 6.36. The summed E-state index contributed by atoms with van der Waals surface area (Å²) in [4.78, 5) is 12.0. The number of aromatic hydroxyl groups is 1. The number of hydrogen-bond donors (Lipinski definition) is 3. The SMILES string of the molecule is Cc1ccc(O)c(C(=O)NC2CCCCC2O)c1. The Morgan fingerprint density at radius 1 is 1.33 bits per heavy atom. The number of phenolic OH excluding ortho intramolecular Hbond substituents is 1. The molecule has 1 aliphatic carbocycles. The summed E-state index contributed by atoms with van der Waals surface area (Å²) in [5.41, 5.74) is 1.19. The molecule has 0 aliphatic heterocycles. The maximum absolute atomic E-state index is 12.0. The van der Waals surface area contributed by atoms with Gasteiger partial charge < -0.3 is 15.5 Å². The largest absolute Gasteiger partial charge is 0.507 e. The van der Waals surface area contributed by atoms with Crippen molar-refractivity contribution >= 4 is 5.91 Å². The smallest absolute Gasteiger partial charge is 0.255 e. The first-order valence-corrected chi connectivity index (χ1v) is 6.36. The van der Waals surface area contributed by atoms with Crippen LogP contribution >= 0.6 is 0 Å². The van der Waals surface area contributed by atoms with Crippen LogP contribution in [0.1, 0.15) is 41.6 Å². The van der Waals surface area contributed by atoms with Gasteiger partial charge >= 0.3 is 0 Å². The van der Waals surface area contributed by atoms with Gasteiger partial charge in [0.2, 0.25) is 0 Å². The third-order valence-electron chi connectivity index (χ3n) is 3.44. The number of nitrogens with one attached hydrogen (secondary N) is 1. The lowest BCUT2D eigenvalue weighted by atomic mass is 9.92. The number of aliphatic hydroxyl groups excluding tert-OH is 1. The molecule has 2 atom stereocenters. The molecule has 1 aliphatic rings. The van der Waals surface area contributed by atoms with Gasteiger partial charge in [0, 0.05) is 0 Å². The van der Waals surface area contributed by atoms with Gasteiger partial charge in [-0.2, -0.15) is 0 Å². The van der Waals surface area contributed by atoms with Crippen LogP contribution in [0, 0.1) is 6.92 Å². The highest BCUT2D eigenvalue weighted by molar-refractivity contribution is 5.97. The minimum absolute atomic E-state index is 0.0246. The molecular weight excluding hydrogens is 230 g/mol. The summed E-state index contributed by atoms with van der Waals surface area (Å²) in [6, 6.07) is 4.72. The molecule has 1 aromatic carbocycles. The summed E-state index contributed by atoms with van der Waals surface area (Å²) >= 11 is 0. The van der Waals surface area contributed by atoms with E-state index in [4.69, 9.17) is 0 Å². The number of aliphatic hydroxyl groups is 1. The van der Waals surface area contributed by atoms with E-state index in [-0.39, 0.29) is 23.3 Å². The van der Waals surface area contributed by atoms with E-state index in [1.54, 1.807) is 12.1 Å². The average molecular weight is 249 g/mol. The molecular formula is C14H19NO3. The Bertz CT molecular complexity index is 445. The van der Waals surface area contributed by atoms with Gasteiger partial charge in [0.05, 0.1) is 17.7 Å². The zero-order valence-electron chi connectivity index (χ0n) is 10.5. The molecule has 3 N–H and O–H groups in total. The van der Waals surface area contributed by atoms with Crippen LogP contribution in [0.4, 0.5) is 0 Å². The zero-order chi connectivity index (χ0) is 13.1. The van der Waals surface area contributed by atoms with Crippen molar-refractivity contribution in [1.29, 1.82) is 0 Å². The van der Waals surface area contributed by atoms with Crippen LogP contribution in [0.5, 0.6) is 5.75 Å². The van der Waals surface area contributed by atoms with Crippen molar-refractivity contribution in [3.8, 4) is 5.75 Å². The molecule has 2 unspecified atom stereocenters. The third-order valence-corrected chi connectivity index (χ3v) is 3.44. The Labute approximate surface area is 107 Å². The number of carbonyl (C=O) groups excluding carboxylic acids is 1. The van der Waals surface area contributed by atoms with E-state index in [1.807, 2.05) is 6.92 Å². The average Bonchev–Trinajstić information content (AvgIpc) is 2.35. The van der Waals surface area contributed by atoms with E-state index < -0.39 is 6.10 Å². The Hall–Kier alpha value is -1.55. The minimum atomic E-state index is -0.477. The van der Waals surface area contributed by atoms with Gasteiger partial charge in [0.25, 0.3) is 5.91 Å². The highest BCUT2D eigenvalue weighted by atomic mass is 16.3. The molecule has 0 saturated heterocycles. The van der Waals surface area contributed by atoms with E-state index in [1.165, 1.54) is 6.07 Å². The fourth-order valence-electron chi connectivity index (χ4n) is 2.36. The first kappa shape index (κ1) is 12.9. The fraction of sp³-hybridized carbons (Fsp3) is 0.500. The van der Waals surface area contributed by atoms with Gasteiger partial charge in [-0.15, -0.1) is 0 Å². The molecule has 0 heterocycles. The van der Waals surface area contributed by atoms with Crippen molar-refractivity contribution in [3.05, 3.63) is 29.3 Å². The van der Waals surface area contributed by atoms with Crippen molar-refractivity contribution in [2.24, 2.45) is 0 Å². The second kappa shape index (κ2) is 5.40. The van der Waals surface area contributed by atoms with E-state index >= 15 is 0 Å². The quantitative estimate of drug-likeness (QED) is 0.747. The summed E-state index contributed by atoms with van der Waals surface area (Å²) in [5, 5.41) is 22.3. The molecule has 1 fully saturated rings. The van der Waals surface area contributed by atoms with Gasteiger partial charge in [-0.3, -0.25) is 4.79 Å². The number of rotatable bonds is 2. The van der Waals surface area contributed by atoms with Crippen LogP contribution in [0.25, 0.3) is 0 Å². The molecule has 2 rings (SSSR count). The molecule has 4 heteroatoms. The molecule has 0 spiro atoms. The summed E-state index contributed by atoms with van der Waals surface area (Å²) in [5.74, 6) is -0.342. The van der Waals surface area contributed by atoms with Crippen molar-refractivity contribution in [2.75, 3.05) is 0 Å². The molecule has 1 aromatic rings. The Balaban J connectivity index is 2.09. The Kier molecular flexibility index (Phi) is 3.87. The molecule has 98 valence electrons. The summed E-state index contributed by atoms with van der Waals surface area (Å²) in [6.07, 6.45) is 3.06. The van der Waals surface area contributed by atoms with Crippen LogP contribution < -0.4 is 5.32 Å². The number of phenols is 1. The number of carbonyl (C=O) groups is 1. The monoisotopic (exact) mass is 249 g/mol. The van der Waals surface area contributed by atoms with E-state index in [2.05, 4.69) is 5.32 Å². The number of benzene rings is 1. The van der Waals surface area contributed by atoms with Crippen molar-refractivity contribution in [2.45, 2.75) is 44.8 Å². The molecule has 18 heavy (non-hydrogen) atoms. The van der Waals surface area contributed by atoms with Gasteiger partial charge in [-0.25, -0.2) is 0 Å². The van der Waals surface area contributed by atoms with Crippen molar-refractivity contribution < 1.29 is 15.0 Å². The lowest BCUT2D eigenvalue weighted by Gasteiger charge is -2.28. The van der Waals surface area contributed by atoms with Crippen LogP contribution in [0.15, 0.2) is 18.2 Å². The molecule has 0 bridgehead atoms. The minimum Gasteiger partial charge on any atom is -0.507 e. The zero-order valence-corrected chi connectivity index (χ0v) is 10.5. The lowest BCUT2D eigenvalue weighted by molar-refractivity contribution is 0.0715. The topological polar surface area (TPSA) is 69.6 Å². The number of amides is 1. The summed E-state index contributed by atoms with van der Waals surface area (Å²) in [7, 11) is 0. The highest BCUT2D eigenvalue weighted by Crippen LogP contribution is 2.21. The second-order valence-corrected chi connectivity index (χ2v) is 4.95. The van der Waals surface area contributed by atoms with Gasteiger partial charge in [-0.05, 0) is 31.9 Å². The van der Waals surface area contributed by atoms with Crippen LogP contribution in [-0.2, 0) is 0 Å². The van der Waals surface area contributed by atoms with E-state index in [0.717, 1.165) is 31.2 Å². The third kappa shape index (κ3) is 2.82. The first-order chi connectivity index (χ1) is 8.58. The second-order valence-electron chi connectivity index (χ2n) is 4.95. The number of aryl methyl sites for hydroxylation is 1. The van der Waals surface area contributed by atoms with Crippen LogP contribution in [0.3, 0.4) is 0 Å². The van der Waals surface area contributed by atoms with Gasteiger partial charge in [-0.1, -0.05) is 24.5 Å². The van der Waals surface area contributed by atoms with Crippen LogP contribution in [0.2, 0.25) is 0 Å². The fourth-order valence-corrected chi connectivity index (χ4v) is 2.36. The van der Waals surface area contributed by atoms with E-state index in [0.29, 0.717) is 0 Å². The normalized spacial score (nSPS) is 23.7. The predicted octanol–water partition coefficient (Wildman–Crippen LogP) is 1.73. The van der Waals surface area contributed by atoms with Gasteiger partial charge in [0.1, 0.15) is 5.75 Å². The van der Waals surface area contributed by atoms with E-state index in [9.17, 15) is 15.0 Å². The highest BCUT2D eigenvalue weighted by Gasteiger charge is 2.25.